The maximum absolute atomic E-state index is 12.2. The van der Waals surface area contributed by atoms with E-state index in [4.69, 9.17) is 5.73 Å². The van der Waals surface area contributed by atoms with Crippen molar-refractivity contribution >= 4 is 0 Å². The van der Waals surface area contributed by atoms with Gasteiger partial charge in [0.1, 0.15) is 0 Å². The molecule has 3 nitrogen and oxygen atoms in total. The lowest BCUT2D eigenvalue weighted by atomic mass is 9.96. The van der Waals surface area contributed by atoms with Crippen LogP contribution < -0.4 is 11.3 Å². The molecule has 3 rings (SSSR count). The van der Waals surface area contributed by atoms with Crippen molar-refractivity contribution in [2.45, 2.75) is 39.7 Å². The van der Waals surface area contributed by atoms with Crippen molar-refractivity contribution in [3.8, 4) is 5.69 Å². The van der Waals surface area contributed by atoms with Crippen LogP contribution >= 0.6 is 0 Å². The number of hydrogen-bond donors (Lipinski definition) is 1. The molecule has 3 heteroatoms. The summed E-state index contributed by atoms with van der Waals surface area (Å²) in [5.41, 5.74) is 13.2. The molecule has 0 aliphatic heterocycles. The number of aryl methyl sites for hydroxylation is 3. The van der Waals surface area contributed by atoms with E-state index < -0.39 is 0 Å². The lowest BCUT2D eigenvalue weighted by molar-refractivity contribution is 0.662. The molecule has 2 aromatic carbocycles. The Morgan fingerprint density at radius 3 is 2.42 bits per heavy atom. The van der Waals surface area contributed by atoms with Gasteiger partial charge in [0.2, 0.25) is 0 Å². The van der Waals surface area contributed by atoms with Crippen molar-refractivity contribution in [3.63, 3.8) is 0 Å². The molecule has 3 aromatic rings. The Balaban J connectivity index is 1.78. The highest BCUT2D eigenvalue weighted by atomic mass is 16.1. The number of hydrogen-bond acceptors (Lipinski definition) is 2. The molecule has 1 unspecified atom stereocenters. The fourth-order valence-corrected chi connectivity index (χ4v) is 3.39. The average Bonchev–Trinajstić information content (AvgIpc) is 2.59. The summed E-state index contributed by atoms with van der Waals surface area (Å²) < 4.78 is 1.71. The molecular formula is C23H26N2O. The van der Waals surface area contributed by atoms with E-state index in [0.717, 1.165) is 29.7 Å². The SMILES string of the molecule is Cc1ccc(=O)n(-c2ccc(CC(N)Cc3ccccc3C)cc2C)c1. The molecule has 0 radical (unpaired) electrons. The van der Waals surface area contributed by atoms with Crippen LogP contribution in [0.5, 0.6) is 0 Å². The monoisotopic (exact) mass is 346 g/mol. The van der Waals surface area contributed by atoms with Crippen molar-refractivity contribution in [1.82, 2.24) is 4.57 Å². The topological polar surface area (TPSA) is 48.0 Å². The van der Waals surface area contributed by atoms with E-state index >= 15 is 0 Å². The van der Waals surface area contributed by atoms with E-state index in [1.54, 1.807) is 10.6 Å². The first-order valence-corrected chi connectivity index (χ1v) is 9.03. The zero-order valence-corrected chi connectivity index (χ0v) is 15.7. The fourth-order valence-electron chi connectivity index (χ4n) is 3.39. The quantitative estimate of drug-likeness (QED) is 0.762. The van der Waals surface area contributed by atoms with Gasteiger partial charge < -0.3 is 5.73 Å². The Morgan fingerprint density at radius 1 is 0.923 bits per heavy atom. The van der Waals surface area contributed by atoms with Crippen LogP contribution in [0.3, 0.4) is 0 Å². The van der Waals surface area contributed by atoms with Crippen LogP contribution in [-0.2, 0) is 12.8 Å². The molecular weight excluding hydrogens is 320 g/mol. The van der Waals surface area contributed by atoms with Gasteiger partial charge in [-0.25, -0.2) is 0 Å². The second kappa shape index (κ2) is 7.71. The minimum atomic E-state index is -0.0114. The predicted molar refractivity (Wildman–Crippen MR) is 108 cm³/mol. The Morgan fingerprint density at radius 2 is 1.69 bits per heavy atom. The zero-order chi connectivity index (χ0) is 18.7. The third-order valence-corrected chi connectivity index (χ3v) is 4.82. The van der Waals surface area contributed by atoms with Crippen LogP contribution in [0.15, 0.2) is 65.6 Å². The summed E-state index contributed by atoms with van der Waals surface area (Å²) >= 11 is 0. The van der Waals surface area contributed by atoms with Gasteiger partial charge in [-0.2, -0.15) is 0 Å². The van der Waals surface area contributed by atoms with E-state index in [0.29, 0.717) is 0 Å². The maximum atomic E-state index is 12.2. The van der Waals surface area contributed by atoms with Gasteiger partial charge >= 0.3 is 0 Å². The highest BCUT2D eigenvalue weighted by Crippen LogP contribution is 2.17. The molecule has 0 spiro atoms. The molecule has 0 bridgehead atoms. The molecule has 134 valence electrons. The molecule has 1 atom stereocenters. The Kier molecular flexibility index (Phi) is 5.38. The van der Waals surface area contributed by atoms with Gasteiger partial charge in [-0.1, -0.05) is 42.5 Å². The molecule has 0 saturated heterocycles. The molecule has 2 N–H and O–H groups in total. The van der Waals surface area contributed by atoms with Crippen molar-refractivity contribution in [3.05, 3.63) is 99.0 Å². The lowest BCUT2D eigenvalue weighted by Crippen LogP contribution is -2.26. The maximum Gasteiger partial charge on any atom is 0.255 e. The minimum Gasteiger partial charge on any atom is -0.327 e. The number of nitrogens with zero attached hydrogens (tertiary/aromatic N) is 1. The van der Waals surface area contributed by atoms with E-state index in [9.17, 15) is 4.79 Å². The summed E-state index contributed by atoms with van der Waals surface area (Å²) in [6, 6.07) is 18.2. The molecule has 0 fully saturated rings. The van der Waals surface area contributed by atoms with Gasteiger partial charge in [-0.3, -0.25) is 9.36 Å². The summed E-state index contributed by atoms with van der Waals surface area (Å²) in [4.78, 5) is 12.2. The van der Waals surface area contributed by atoms with Gasteiger partial charge in [0.15, 0.2) is 0 Å². The number of nitrogens with two attached hydrogens (primary N) is 1. The van der Waals surface area contributed by atoms with Crippen LogP contribution in [0, 0.1) is 20.8 Å². The van der Waals surface area contributed by atoms with E-state index in [-0.39, 0.29) is 11.6 Å². The predicted octanol–water partition coefficient (Wildman–Crippen LogP) is 3.88. The largest absolute Gasteiger partial charge is 0.327 e. The van der Waals surface area contributed by atoms with Crippen molar-refractivity contribution in [2.24, 2.45) is 5.73 Å². The fraction of sp³-hybridized carbons (Fsp3) is 0.261. The highest BCUT2D eigenvalue weighted by molar-refractivity contribution is 5.43. The number of benzene rings is 2. The Hall–Kier alpha value is -2.65. The second-order valence-corrected chi connectivity index (χ2v) is 7.13. The van der Waals surface area contributed by atoms with Gasteiger partial charge in [0.25, 0.3) is 5.56 Å². The number of rotatable bonds is 5. The van der Waals surface area contributed by atoms with Gasteiger partial charge in [0, 0.05) is 18.3 Å². The van der Waals surface area contributed by atoms with E-state index in [1.165, 1.54) is 16.7 Å². The lowest BCUT2D eigenvalue weighted by Gasteiger charge is -2.16. The van der Waals surface area contributed by atoms with Crippen LogP contribution in [0.1, 0.15) is 27.8 Å². The van der Waals surface area contributed by atoms with Crippen LogP contribution in [-0.4, -0.2) is 10.6 Å². The minimum absolute atomic E-state index is 0.0114. The molecule has 0 saturated carbocycles. The van der Waals surface area contributed by atoms with Gasteiger partial charge in [-0.05, 0) is 67.5 Å². The van der Waals surface area contributed by atoms with Crippen molar-refractivity contribution in [1.29, 1.82) is 0 Å². The zero-order valence-electron chi connectivity index (χ0n) is 15.7. The smallest absolute Gasteiger partial charge is 0.255 e. The van der Waals surface area contributed by atoms with Crippen molar-refractivity contribution < 1.29 is 0 Å². The molecule has 0 amide bonds. The van der Waals surface area contributed by atoms with Crippen LogP contribution in [0.4, 0.5) is 0 Å². The molecule has 0 aliphatic rings. The summed E-state index contributed by atoms with van der Waals surface area (Å²) in [7, 11) is 0. The first-order valence-electron chi connectivity index (χ1n) is 9.03. The summed E-state index contributed by atoms with van der Waals surface area (Å²) in [6.07, 6.45) is 3.57. The standard InChI is InChI=1S/C23H26N2O/c1-16-8-11-23(26)25(15-16)22-10-9-19(12-18(22)3)13-21(24)14-20-7-5-4-6-17(20)2/h4-12,15,21H,13-14,24H2,1-3H3. The van der Waals surface area contributed by atoms with Gasteiger partial charge in [0.05, 0.1) is 5.69 Å². The number of pyridine rings is 1. The third kappa shape index (κ3) is 4.12. The number of aromatic nitrogens is 1. The normalized spacial score (nSPS) is 12.2. The first-order chi connectivity index (χ1) is 12.4. The highest BCUT2D eigenvalue weighted by Gasteiger charge is 2.10. The van der Waals surface area contributed by atoms with E-state index in [2.05, 4.69) is 43.3 Å². The molecule has 1 aromatic heterocycles. The summed E-state index contributed by atoms with van der Waals surface area (Å²) in [5.74, 6) is 0. The van der Waals surface area contributed by atoms with Crippen LogP contribution in [0.2, 0.25) is 0 Å². The summed E-state index contributed by atoms with van der Waals surface area (Å²) in [6.45, 7) is 6.16. The summed E-state index contributed by atoms with van der Waals surface area (Å²) in [5, 5.41) is 0. The first kappa shape index (κ1) is 18.2. The second-order valence-electron chi connectivity index (χ2n) is 7.13. The van der Waals surface area contributed by atoms with E-state index in [1.807, 2.05) is 32.2 Å². The Bertz CT molecular complexity index is 972. The molecule has 1 heterocycles. The van der Waals surface area contributed by atoms with Crippen LogP contribution in [0.25, 0.3) is 5.69 Å². The molecule has 26 heavy (non-hydrogen) atoms. The third-order valence-electron chi connectivity index (χ3n) is 4.82. The van der Waals surface area contributed by atoms with Crippen molar-refractivity contribution in [2.75, 3.05) is 0 Å². The average molecular weight is 346 g/mol. The Labute approximate surface area is 155 Å². The molecule has 0 aliphatic carbocycles. The van der Waals surface area contributed by atoms with Gasteiger partial charge in [-0.15, -0.1) is 0 Å².